The molecule has 114 valence electrons. The molecule has 1 aliphatic rings. The monoisotopic (exact) mass is 296 g/mol. The van der Waals surface area contributed by atoms with Crippen molar-refractivity contribution < 1.29 is 9.53 Å². The number of nitrogens with one attached hydrogen (secondary N) is 2. The third kappa shape index (κ3) is 3.12. The largest absolute Gasteiger partial charge is 0.492 e. The highest BCUT2D eigenvalue weighted by molar-refractivity contribution is 6.05. The number of ether oxygens (including phenoxy) is 1. The van der Waals surface area contributed by atoms with Crippen LogP contribution in [0.15, 0.2) is 36.4 Å². The number of carbonyl (C=O) groups is 1. The molecule has 0 aromatic heterocycles. The molecule has 1 heterocycles. The number of hydrogen-bond acceptors (Lipinski definition) is 3. The Morgan fingerprint density at radius 3 is 2.91 bits per heavy atom. The van der Waals surface area contributed by atoms with Crippen LogP contribution in [0.2, 0.25) is 0 Å². The summed E-state index contributed by atoms with van der Waals surface area (Å²) < 4.78 is 5.65. The van der Waals surface area contributed by atoms with Crippen LogP contribution in [0.25, 0.3) is 0 Å². The maximum absolute atomic E-state index is 12.5. The molecule has 1 aliphatic heterocycles. The highest BCUT2D eigenvalue weighted by Gasteiger charge is 2.12. The summed E-state index contributed by atoms with van der Waals surface area (Å²) in [4.78, 5) is 12.5. The molecule has 0 aliphatic carbocycles. The topological polar surface area (TPSA) is 50.4 Å². The molecule has 0 unspecified atom stereocenters. The fraction of sp³-hybridized carbons (Fsp3) is 0.278. The van der Waals surface area contributed by atoms with Crippen LogP contribution >= 0.6 is 0 Å². The van der Waals surface area contributed by atoms with E-state index in [0.29, 0.717) is 12.2 Å². The third-order valence-corrected chi connectivity index (χ3v) is 3.81. The van der Waals surface area contributed by atoms with Crippen molar-refractivity contribution in [1.29, 1.82) is 0 Å². The number of hydrogen-bond donors (Lipinski definition) is 2. The molecule has 0 saturated carbocycles. The molecule has 2 N–H and O–H groups in total. The number of amides is 1. The zero-order chi connectivity index (χ0) is 15.5. The van der Waals surface area contributed by atoms with Gasteiger partial charge in [-0.15, -0.1) is 0 Å². The Bertz CT molecular complexity index is 710. The zero-order valence-corrected chi connectivity index (χ0v) is 12.9. The SMILES string of the molecule is Cc1ccc(C)c(C(=O)Nc2ccc3c(c2)CNCCO3)c1. The van der Waals surface area contributed by atoms with E-state index in [2.05, 4.69) is 10.6 Å². The van der Waals surface area contributed by atoms with Crippen LogP contribution in [-0.2, 0) is 6.54 Å². The molecule has 0 atom stereocenters. The molecule has 2 aromatic carbocycles. The molecule has 22 heavy (non-hydrogen) atoms. The molecule has 2 aromatic rings. The molecule has 4 heteroatoms. The number of rotatable bonds is 2. The molecule has 0 fully saturated rings. The van der Waals surface area contributed by atoms with Gasteiger partial charge in [-0.25, -0.2) is 0 Å². The van der Waals surface area contributed by atoms with Gasteiger partial charge in [0.25, 0.3) is 5.91 Å². The Labute approximate surface area is 130 Å². The third-order valence-electron chi connectivity index (χ3n) is 3.81. The van der Waals surface area contributed by atoms with Crippen LogP contribution in [0.5, 0.6) is 5.75 Å². The summed E-state index contributed by atoms with van der Waals surface area (Å²) in [6, 6.07) is 11.7. The van der Waals surface area contributed by atoms with Gasteiger partial charge in [0.05, 0.1) is 0 Å². The van der Waals surface area contributed by atoms with Crippen molar-refractivity contribution in [3.63, 3.8) is 0 Å². The minimum atomic E-state index is -0.0800. The predicted molar refractivity (Wildman–Crippen MR) is 87.5 cm³/mol. The van der Waals surface area contributed by atoms with Crippen LogP contribution in [-0.4, -0.2) is 19.1 Å². The first-order valence-corrected chi connectivity index (χ1v) is 7.48. The minimum absolute atomic E-state index is 0.0800. The lowest BCUT2D eigenvalue weighted by atomic mass is 10.0. The summed E-state index contributed by atoms with van der Waals surface area (Å²) in [6.45, 7) is 6.19. The van der Waals surface area contributed by atoms with E-state index in [1.54, 1.807) is 0 Å². The first-order valence-electron chi connectivity index (χ1n) is 7.48. The summed E-state index contributed by atoms with van der Waals surface area (Å²) in [6.07, 6.45) is 0. The molecule has 0 spiro atoms. The number of fused-ring (bicyclic) bond motifs is 1. The van der Waals surface area contributed by atoms with Crippen molar-refractivity contribution in [3.05, 3.63) is 58.7 Å². The van der Waals surface area contributed by atoms with Crippen molar-refractivity contribution >= 4 is 11.6 Å². The van der Waals surface area contributed by atoms with Gasteiger partial charge < -0.3 is 15.4 Å². The van der Waals surface area contributed by atoms with E-state index >= 15 is 0 Å². The van der Waals surface area contributed by atoms with Gasteiger partial charge >= 0.3 is 0 Å². The highest BCUT2D eigenvalue weighted by Crippen LogP contribution is 2.24. The molecular formula is C18H20N2O2. The lowest BCUT2D eigenvalue weighted by Crippen LogP contribution is -2.16. The predicted octanol–water partition coefficient (Wildman–Crippen LogP) is 3.04. The second-order valence-electron chi connectivity index (χ2n) is 5.62. The smallest absolute Gasteiger partial charge is 0.255 e. The van der Waals surface area contributed by atoms with E-state index in [1.165, 1.54) is 0 Å². The second-order valence-corrected chi connectivity index (χ2v) is 5.62. The van der Waals surface area contributed by atoms with Crippen molar-refractivity contribution in [2.24, 2.45) is 0 Å². The Hall–Kier alpha value is -2.33. The fourth-order valence-corrected chi connectivity index (χ4v) is 2.57. The number of benzene rings is 2. The van der Waals surface area contributed by atoms with E-state index in [1.807, 2.05) is 50.2 Å². The quantitative estimate of drug-likeness (QED) is 0.895. The van der Waals surface area contributed by atoms with E-state index < -0.39 is 0 Å². The van der Waals surface area contributed by atoms with Gasteiger partial charge in [-0.2, -0.15) is 0 Å². The van der Waals surface area contributed by atoms with Gasteiger partial charge in [-0.3, -0.25) is 4.79 Å². The van der Waals surface area contributed by atoms with E-state index in [-0.39, 0.29) is 5.91 Å². The first-order chi connectivity index (χ1) is 10.6. The first kappa shape index (κ1) is 14.6. The second kappa shape index (κ2) is 6.20. The van der Waals surface area contributed by atoms with Gasteiger partial charge in [0.2, 0.25) is 0 Å². The number of carbonyl (C=O) groups excluding carboxylic acids is 1. The molecule has 0 bridgehead atoms. The molecule has 0 saturated heterocycles. The van der Waals surface area contributed by atoms with Crippen molar-refractivity contribution in [2.45, 2.75) is 20.4 Å². The standard InChI is InChI=1S/C18H20N2O2/c1-12-3-4-13(2)16(9-12)18(21)20-15-5-6-17-14(10-15)11-19-7-8-22-17/h3-6,9-10,19H,7-8,11H2,1-2H3,(H,20,21). The zero-order valence-electron chi connectivity index (χ0n) is 12.9. The Morgan fingerprint density at radius 1 is 1.18 bits per heavy atom. The van der Waals surface area contributed by atoms with Gasteiger partial charge in [0.15, 0.2) is 0 Å². The Balaban J connectivity index is 1.82. The summed E-state index contributed by atoms with van der Waals surface area (Å²) in [5, 5.41) is 6.27. The normalized spacial score (nSPS) is 13.7. The van der Waals surface area contributed by atoms with Gasteiger partial charge in [0, 0.05) is 29.9 Å². The number of aryl methyl sites for hydroxylation is 2. The van der Waals surface area contributed by atoms with Gasteiger partial charge in [0.1, 0.15) is 12.4 Å². The van der Waals surface area contributed by atoms with Gasteiger partial charge in [-0.05, 0) is 43.7 Å². The van der Waals surface area contributed by atoms with Crippen LogP contribution < -0.4 is 15.4 Å². The van der Waals surface area contributed by atoms with Crippen molar-refractivity contribution in [3.8, 4) is 5.75 Å². The van der Waals surface area contributed by atoms with E-state index in [4.69, 9.17) is 4.74 Å². The molecule has 4 nitrogen and oxygen atoms in total. The molecular weight excluding hydrogens is 276 g/mol. The summed E-state index contributed by atoms with van der Waals surface area (Å²) in [5.41, 5.74) is 4.62. The average molecular weight is 296 g/mol. The van der Waals surface area contributed by atoms with Crippen LogP contribution in [0.4, 0.5) is 5.69 Å². The van der Waals surface area contributed by atoms with E-state index in [0.717, 1.165) is 41.2 Å². The van der Waals surface area contributed by atoms with Crippen LogP contribution in [0.1, 0.15) is 27.0 Å². The number of anilines is 1. The summed E-state index contributed by atoms with van der Waals surface area (Å²) >= 11 is 0. The Morgan fingerprint density at radius 2 is 2.05 bits per heavy atom. The molecule has 3 rings (SSSR count). The van der Waals surface area contributed by atoms with Crippen molar-refractivity contribution in [1.82, 2.24) is 5.32 Å². The molecule has 1 amide bonds. The molecule has 0 radical (unpaired) electrons. The van der Waals surface area contributed by atoms with E-state index in [9.17, 15) is 4.79 Å². The summed E-state index contributed by atoms with van der Waals surface area (Å²) in [5.74, 6) is 0.804. The fourth-order valence-electron chi connectivity index (χ4n) is 2.57. The maximum Gasteiger partial charge on any atom is 0.255 e. The van der Waals surface area contributed by atoms with Crippen LogP contribution in [0, 0.1) is 13.8 Å². The lowest BCUT2D eigenvalue weighted by molar-refractivity contribution is 0.102. The van der Waals surface area contributed by atoms with Crippen molar-refractivity contribution in [2.75, 3.05) is 18.5 Å². The Kier molecular flexibility index (Phi) is 4.11. The van der Waals surface area contributed by atoms with Gasteiger partial charge in [-0.1, -0.05) is 17.7 Å². The maximum atomic E-state index is 12.5. The average Bonchev–Trinajstić information content (AvgIpc) is 2.74. The summed E-state index contributed by atoms with van der Waals surface area (Å²) in [7, 11) is 0. The minimum Gasteiger partial charge on any atom is -0.492 e. The van der Waals surface area contributed by atoms with Crippen LogP contribution in [0.3, 0.4) is 0 Å². The lowest BCUT2D eigenvalue weighted by Gasteiger charge is -2.11. The highest BCUT2D eigenvalue weighted by atomic mass is 16.5.